The second-order valence-corrected chi connectivity index (χ2v) is 9.84. The molecular formula is C18H34N2O6S. The maximum absolute atomic E-state index is 10.5. The topological polar surface area (TPSA) is 109 Å². The SMILES string of the molecule is C.CC(C)(C)C.CN1C(=O)C=CC1=O.CN1C(=O)CCC1=O.CS(C)(=O)=O. The van der Waals surface area contributed by atoms with Gasteiger partial charge in [0, 0.05) is 51.6 Å². The van der Waals surface area contributed by atoms with E-state index in [9.17, 15) is 27.6 Å². The number of nitrogens with zero attached hydrogens (tertiary/aromatic N) is 2. The van der Waals surface area contributed by atoms with E-state index in [1.165, 1.54) is 31.1 Å². The number of hydrogen-bond acceptors (Lipinski definition) is 6. The highest BCUT2D eigenvalue weighted by Gasteiger charge is 2.24. The van der Waals surface area contributed by atoms with Crippen LogP contribution in [0.5, 0.6) is 0 Å². The van der Waals surface area contributed by atoms with Crippen molar-refractivity contribution in [1.82, 2.24) is 9.80 Å². The van der Waals surface area contributed by atoms with E-state index in [4.69, 9.17) is 0 Å². The monoisotopic (exact) mass is 406 g/mol. The summed E-state index contributed by atoms with van der Waals surface area (Å²) in [6.07, 6.45) is 5.62. The third kappa shape index (κ3) is 20.1. The minimum absolute atomic E-state index is 0. The van der Waals surface area contributed by atoms with Crippen LogP contribution < -0.4 is 0 Å². The molecule has 0 radical (unpaired) electrons. The number of rotatable bonds is 0. The number of carbonyl (C=O) groups excluding carboxylic acids is 4. The summed E-state index contributed by atoms with van der Waals surface area (Å²) in [6.45, 7) is 8.75. The van der Waals surface area contributed by atoms with Crippen molar-refractivity contribution >= 4 is 33.5 Å². The van der Waals surface area contributed by atoms with E-state index in [2.05, 4.69) is 27.7 Å². The van der Waals surface area contributed by atoms with Gasteiger partial charge in [-0.3, -0.25) is 29.0 Å². The van der Waals surface area contributed by atoms with Crippen molar-refractivity contribution in [1.29, 1.82) is 0 Å². The molecule has 0 atom stereocenters. The van der Waals surface area contributed by atoms with Crippen molar-refractivity contribution in [2.24, 2.45) is 5.41 Å². The zero-order chi connectivity index (χ0) is 21.3. The van der Waals surface area contributed by atoms with Gasteiger partial charge in [0.1, 0.15) is 9.84 Å². The van der Waals surface area contributed by atoms with Gasteiger partial charge in [-0.1, -0.05) is 35.1 Å². The average Bonchev–Trinajstić information content (AvgIpc) is 2.86. The van der Waals surface area contributed by atoms with E-state index in [1.54, 1.807) is 0 Å². The van der Waals surface area contributed by atoms with Crippen molar-refractivity contribution in [3.8, 4) is 0 Å². The molecule has 1 saturated heterocycles. The second kappa shape index (κ2) is 12.4. The molecule has 0 spiro atoms. The van der Waals surface area contributed by atoms with Crippen LogP contribution in [-0.2, 0) is 29.0 Å². The standard InChI is InChI=1S/C5H7NO2.C5H5NO2.C5H12.C2H6O2S.CH4/c2*1-6-4(7)2-3-5(6)8;2*1-5(2,3)4;/h2-3H2,1H3;2-3H,1H3;1-4H3;1-2H3;1H4. The molecule has 2 aliphatic heterocycles. The third-order valence-electron chi connectivity index (χ3n) is 2.33. The first kappa shape index (κ1) is 29.7. The van der Waals surface area contributed by atoms with Crippen LogP contribution in [0.4, 0.5) is 0 Å². The zero-order valence-corrected chi connectivity index (χ0v) is 17.6. The summed E-state index contributed by atoms with van der Waals surface area (Å²) in [5.41, 5.74) is 0.500. The molecule has 27 heavy (non-hydrogen) atoms. The molecule has 2 aliphatic rings. The van der Waals surface area contributed by atoms with Crippen LogP contribution in [-0.4, -0.2) is 68.5 Å². The van der Waals surface area contributed by atoms with Crippen molar-refractivity contribution in [2.45, 2.75) is 48.0 Å². The highest BCUT2D eigenvalue weighted by atomic mass is 32.2. The number of likely N-dealkylation sites (N-methyl/N-ethyl adjacent to an activating group) is 1. The Hall–Kier alpha value is -2.03. The fourth-order valence-corrected chi connectivity index (χ4v) is 1.16. The molecule has 0 aromatic rings. The highest BCUT2D eigenvalue weighted by molar-refractivity contribution is 7.89. The number of likely N-dealkylation sites (tertiary alicyclic amines) is 1. The van der Waals surface area contributed by atoms with Crippen LogP contribution in [0.25, 0.3) is 0 Å². The van der Waals surface area contributed by atoms with Gasteiger partial charge in [-0.15, -0.1) is 0 Å². The van der Waals surface area contributed by atoms with E-state index >= 15 is 0 Å². The number of amides is 4. The lowest BCUT2D eigenvalue weighted by Gasteiger charge is -2.05. The first-order valence-electron chi connectivity index (χ1n) is 7.87. The molecule has 4 amide bonds. The maximum atomic E-state index is 10.5. The molecule has 0 bridgehead atoms. The van der Waals surface area contributed by atoms with Crippen LogP contribution in [0.3, 0.4) is 0 Å². The fourth-order valence-electron chi connectivity index (χ4n) is 1.16. The second-order valence-electron chi connectivity index (χ2n) is 7.56. The largest absolute Gasteiger partial charge is 0.286 e. The Balaban J connectivity index is -0.000000289. The van der Waals surface area contributed by atoms with Gasteiger partial charge in [-0.05, 0) is 5.41 Å². The summed E-state index contributed by atoms with van der Waals surface area (Å²) in [4.78, 5) is 44.0. The normalized spacial score (nSPS) is 15.9. The fraction of sp³-hybridized carbons (Fsp3) is 0.667. The number of hydrogen-bond donors (Lipinski definition) is 0. The molecule has 0 unspecified atom stereocenters. The zero-order valence-electron chi connectivity index (χ0n) is 16.8. The van der Waals surface area contributed by atoms with Gasteiger partial charge < -0.3 is 0 Å². The quantitative estimate of drug-likeness (QED) is 0.566. The molecule has 2 rings (SSSR count). The Morgan fingerprint density at radius 1 is 0.778 bits per heavy atom. The van der Waals surface area contributed by atoms with Crippen LogP contribution in [0.15, 0.2) is 12.2 Å². The average molecular weight is 407 g/mol. The Morgan fingerprint density at radius 3 is 1.07 bits per heavy atom. The molecule has 0 N–H and O–H groups in total. The Morgan fingerprint density at radius 2 is 1.00 bits per heavy atom. The van der Waals surface area contributed by atoms with Gasteiger partial charge in [0.15, 0.2) is 0 Å². The first-order valence-corrected chi connectivity index (χ1v) is 10.2. The summed E-state index contributed by atoms with van der Waals surface area (Å²) in [6, 6.07) is 0. The van der Waals surface area contributed by atoms with Crippen LogP contribution in [0.1, 0.15) is 48.0 Å². The van der Waals surface area contributed by atoms with Gasteiger partial charge in [0.2, 0.25) is 11.8 Å². The van der Waals surface area contributed by atoms with Crippen molar-refractivity contribution in [3.05, 3.63) is 12.2 Å². The summed E-state index contributed by atoms with van der Waals surface area (Å²) in [5.74, 6) is -0.602. The van der Waals surface area contributed by atoms with Crippen LogP contribution >= 0.6 is 0 Å². The maximum Gasteiger partial charge on any atom is 0.253 e. The molecule has 0 saturated carbocycles. The molecule has 2 heterocycles. The Labute approximate surface area is 163 Å². The number of sulfone groups is 1. The molecule has 0 aromatic carbocycles. The third-order valence-corrected chi connectivity index (χ3v) is 2.33. The van der Waals surface area contributed by atoms with E-state index in [1.807, 2.05) is 0 Å². The van der Waals surface area contributed by atoms with Crippen molar-refractivity contribution in [2.75, 3.05) is 26.6 Å². The first-order chi connectivity index (χ1) is 11.4. The van der Waals surface area contributed by atoms with Gasteiger partial charge in [0.05, 0.1) is 0 Å². The summed E-state index contributed by atoms with van der Waals surface area (Å²) in [5, 5.41) is 0. The van der Waals surface area contributed by atoms with E-state index < -0.39 is 9.84 Å². The molecule has 8 nitrogen and oxygen atoms in total. The Bertz CT molecular complexity index is 612. The number of carbonyl (C=O) groups is 4. The summed E-state index contributed by atoms with van der Waals surface area (Å²) in [7, 11) is 0.294. The van der Waals surface area contributed by atoms with Crippen LogP contribution in [0.2, 0.25) is 0 Å². The molecular weight excluding hydrogens is 372 g/mol. The van der Waals surface area contributed by atoms with Crippen molar-refractivity contribution in [3.63, 3.8) is 0 Å². The van der Waals surface area contributed by atoms with E-state index in [0.29, 0.717) is 18.3 Å². The predicted molar refractivity (Wildman–Crippen MR) is 107 cm³/mol. The molecule has 0 aliphatic carbocycles. The van der Waals surface area contributed by atoms with Crippen molar-refractivity contribution < 1.29 is 27.6 Å². The van der Waals surface area contributed by atoms with Gasteiger partial charge in [0.25, 0.3) is 11.8 Å². The van der Waals surface area contributed by atoms with Gasteiger partial charge in [-0.25, -0.2) is 8.42 Å². The lowest BCUT2D eigenvalue weighted by Crippen LogP contribution is -2.24. The minimum atomic E-state index is -2.67. The molecule has 0 aromatic heterocycles. The van der Waals surface area contributed by atoms with E-state index in [0.717, 1.165) is 17.4 Å². The molecule has 9 heteroatoms. The van der Waals surface area contributed by atoms with Gasteiger partial charge in [-0.2, -0.15) is 0 Å². The van der Waals surface area contributed by atoms with Crippen LogP contribution in [0, 0.1) is 5.41 Å². The lowest BCUT2D eigenvalue weighted by molar-refractivity contribution is -0.137. The molecule has 1 fully saturated rings. The summed E-state index contributed by atoms with van der Waals surface area (Å²) < 4.78 is 19.3. The lowest BCUT2D eigenvalue weighted by atomic mass is 10.0. The van der Waals surface area contributed by atoms with E-state index in [-0.39, 0.29) is 31.1 Å². The minimum Gasteiger partial charge on any atom is -0.286 e. The molecule has 158 valence electrons. The highest BCUT2D eigenvalue weighted by Crippen LogP contribution is 2.08. The van der Waals surface area contributed by atoms with Gasteiger partial charge >= 0.3 is 0 Å². The summed E-state index contributed by atoms with van der Waals surface area (Å²) >= 11 is 0. The Kier molecular flexibility index (Phi) is 13.6. The predicted octanol–water partition coefficient (Wildman–Crippen LogP) is 1.66. The smallest absolute Gasteiger partial charge is 0.253 e. The number of imide groups is 2.